The van der Waals surface area contributed by atoms with Crippen LogP contribution < -0.4 is 19.6 Å². The molecule has 3 aromatic rings. The van der Waals surface area contributed by atoms with E-state index in [9.17, 15) is 14.4 Å². The van der Waals surface area contributed by atoms with E-state index >= 15 is 0 Å². The maximum absolute atomic E-state index is 13.6. The Balaban J connectivity index is 1.90. The molecule has 174 valence electrons. The molecule has 0 aliphatic carbocycles. The molecular formula is C25H21ClN2O5S. The zero-order valence-corrected chi connectivity index (χ0v) is 20.3. The van der Waals surface area contributed by atoms with Crippen LogP contribution in [-0.4, -0.2) is 23.1 Å². The normalized spacial score (nSPS) is 15.5. The minimum Gasteiger partial charge on any atom is -0.463 e. The van der Waals surface area contributed by atoms with Gasteiger partial charge in [-0.1, -0.05) is 47.2 Å². The van der Waals surface area contributed by atoms with Gasteiger partial charge in [0, 0.05) is 11.9 Å². The largest absolute Gasteiger partial charge is 0.463 e. The summed E-state index contributed by atoms with van der Waals surface area (Å²) >= 11 is 7.29. The number of thiazole rings is 1. The van der Waals surface area contributed by atoms with Crippen LogP contribution in [0.25, 0.3) is 6.08 Å². The maximum Gasteiger partial charge on any atom is 0.338 e. The maximum atomic E-state index is 13.6. The number of ether oxygens (including phenoxy) is 2. The number of benzene rings is 2. The van der Waals surface area contributed by atoms with E-state index in [1.165, 1.54) is 22.8 Å². The van der Waals surface area contributed by atoms with E-state index in [4.69, 9.17) is 21.1 Å². The van der Waals surface area contributed by atoms with E-state index in [1.807, 2.05) is 0 Å². The first-order valence-corrected chi connectivity index (χ1v) is 11.7. The quantitative estimate of drug-likeness (QED) is 0.399. The number of aromatic nitrogens is 1. The molecule has 0 saturated heterocycles. The number of allylic oxidation sites excluding steroid dienone is 1. The van der Waals surface area contributed by atoms with Crippen molar-refractivity contribution in [3.63, 3.8) is 0 Å². The van der Waals surface area contributed by atoms with Gasteiger partial charge in [-0.2, -0.15) is 0 Å². The molecule has 0 saturated carbocycles. The SMILES string of the molecule is CCOC(=O)C1=C(C)N=c2s/c(=C/c3cccc(OC(C)=O)c3)c(=O)n2[C@@H]1c1ccc(Cl)cc1. The zero-order chi connectivity index (χ0) is 24.4. The molecule has 1 aliphatic rings. The monoisotopic (exact) mass is 496 g/mol. The number of hydrogen-bond donors (Lipinski definition) is 0. The van der Waals surface area contributed by atoms with Crippen molar-refractivity contribution in [1.29, 1.82) is 0 Å². The topological polar surface area (TPSA) is 87.0 Å². The fourth-order valence-corrected chi connectivity index (χ4v) is 4.91. The van der Waals surface area contributed by atoms with Crippen LogP contribution in [0.4, 0.5) is 0 Å². The van der Waals surface area contributed by atoms with Gasteiger partial charge in [0.05, 0.1) is 28.5 Å². The zero-order valence-electron chi connectivity index (χ0n) is 18.7. The van der Waals surface area contributed by atoms with Gasteiger partial charge in [0.1, 0.15) is 5.75 Å². The van der Waals surface area contributed by atoms with Gasteiger partial charge in [-0.15, -0.1) is 0 Å². The number of rotatable bonds is 5. The van der Waals surface area contributed by atoms with Crippen molar-refractivity contribution >= 4 is 41.0 Å². The van der Waals surface area contributed by atoms with E-state index in [-0.39, 0.29) is 12.2 Å². The molecule has 34 heavy (non-hydrogen) atoms. The Morgan fingerprint density at radius 2 is 1.94 bits per heavy atom. The Morgan fingerprint density at radius 3 is 2.62 bits per heavy atom. The average molecular weight is 497 g/mol. The molecule has 4 rings (SSSR count). The van der Waals surface area contributed by atoms with Gasteiger partial charge >= 0.3 is 11.9 Å². The molecule has 1 atom stereocenters. The van der Waals surface area contributed by atoms with Gasteiger partial charge < -0.3 is 9.47 Å². The van der Waals surface area contributed by atoms with E-state index < -0.39 is 18.0 Å². The number of esters is 2. The lowest BCUT2D eigenvalue weighted by atomic mass is 9.96. The number of carbonyl (C=O) groups excluding carboxylic acids is 2. The van der Waals surface area contributed by atoms with Crippen LogP contribution in [0.1, 0.15) is 37.9 Å². The Hall–Kier alpha value is -3.49. The second kappa shape index (κ2) is 9.79. The van der Waals surface area contributed by atoms with Crippen LogP contribution in [0.5, 0.6) is 5.75 Å². The lowest BCUT2D eigenvalue weighted by Gasteiger charge is -2.24. The molecule has 7 nitrogen and oxygen atoms in total. The molecule has 0 spiro atoms. The summed E-state index contributed by atoms with van der Waals surface area (Å²) in [5, 5.41) is 0.544. The fraction of sp³-hybridized carbons (Fsp3) is 0.200. The molecule has 0 unspecified atom stereocenters. The third-order valence-corrected chi connectivity index (χ3v) is 6.36. The van der Waals surface area contributed by atoms with Crippen LogP contribution in [0.2, 0.25) is 5.02 Å². The summed E-state index contributed by atoms with van der Waals surface area (Å²) in [6, 6.07) is 13.2. The van der Waals surface area contributed by atoms with E-state index in [0.717, 1.165) is 0 Å². The molecule has 0 N–H and O–H groups in total. The number of nitrogens with zero attached hydrogens (tertiary/aromatic N) is 2. The second-order valence-electron chi connectivity index (χ2n) is 7.52. The van der Waals surface area contributed by atoms with Crippen LogP contribution in [0, 0.1) is 0 Å². The summed E-state index contributed by atoms with van der Waals surface area (Å²) in [5.41, 5.74) is 1.90. The highest BCUT2D eigenvalue weighted by atomic mass is 35.5. The molecule has 2 aromatic carbocycles. The summed E-state index contributed by atoms with van der Waals surface area (Å²) < 4.78 is 12.4. The summed E-state index contributed by atoms with van der Waals surface area (Å²) in [5.74, 6) is -0.568. The van der Waals surface area contributed by atoms with Crippen molar-refractivity contribution in [3.05, 3.63) is 95.6 Å². The average Bonchev–Trinajstić information content (AvgIpc) is 3.08. The molecule has 0 radical (unpaired) electrons. The lowest BCUT2D eigenvalue weighted by molar-refractivity contribution is -0.139. The Labute approximate surface area is 204 Å². The first kappa shape index (κ1) is 23.7. The van der Waals surface area contributed by atoms with Gasteiger partial charge in [0.15, 0.2) is 4.80 Å². The van der Waals surface area contributed by atoms with Crippen LogP contribution >= 0.6 is 22.9 Å². The first-order valence-electron chi connectivity index (χ1n) is 10.5. The van der Waals surface area contributed by atoms with Crippen LogP contribution in [-0.2, 0) is 14.3 Å². The van der Waals surface area contributed by atoms with Crippen LogP contribution in [0.3, 0.4) is 0 Å². The smallest absolute Gasteiger partial charge is 0.338 e. The van der Waals surface area contributed by atoms with Crippen molar-refractivity contribution in [1.82, 2.24) is 4.57 Å². The Bertz CT molecular complexity index is 1480. The summed E-state index contributed by atoms with van der Waals surface area (Å²) in [4.78, 5) is 42.7. The fourth-order valence-electron chi connectivity index (χ4n) is 3.74. The molecular weight excluding hydrogens is 476 g/mol. The number of fused-ring (bicyclic) bond motifs is 1. The van der Waals surface area contributed by atoms with Gasteiger partial charge in [-0.05, 0) is 55.3 Å². The third kappa shape index (κ3) is 4.73. The van der Waals surface area contributed by atoms with Crippen LogP contribution in [0.15, 0.2) is 69.6 Å². The number of carbonyl (C=O) groups is 2. The highest BCUT2D eigenvalue weighted by Gasteiger charge is 2.33. The van der Waals surface area contributed by atoms with Crippen molar-refractivity contribution in [2.24, 2.45) is 4.99 Å². The minimum absolute atomic E-state index is 0.200. The van der Waals surface area contributed by atoms with Crippen molar-refractivity contribution in [3.8, 4) is 5.75 Å². The van der Waals surface area contributed by atoms with Crippen molar-refractivity contribution in [2.45, 2.75) is 26.8 Å². The summed E-state index contributed by atoms with van der Waals surface area (Å²) in [6.45, 7) is 4.98. The van der Waals surface area contributed by atoms with Gasteiger partial charge in [0.2, 0.25) is 0 Å². The summed E-state index contributed by atoms with van der Waals surface area (Å²) in [6.07, 6.45) is 1.71. The van der Waals surface area contributed by atoms with Gasteiger partial charge in [-0.3, -0.25) is 14.2 Å². The predicted octanol–water partition coefficient (Wildman–Crippen LogP) is 3.38. The Morgan fingerprint density at radius 1 is 1.21 bits per heavy atom. The second-order valence-corrected chi connectivity index (χ2v) is 8.97. The highest BCUT2D eigenvalue weighted by molar-refractivity contribution is 7.07. The van der Waals surface area contributed by atoms with Gasteiger partial charge in [0.25, 0.3) is 5.56 Å². The number of hydrogen-bond acceptors (Lipinski definition) is 7. The molecule has 1 aromatic heterocycles. The summed E-state index contributed by atoms with van der Waals surface area (Å²) in [7, 11) is 0. The van der Waals surface area contributed by atoms with Crippen molar-refractivity contribution in [2.75, 3.05) is 6.61 Å². The molecule has 0 fully saturated rings. The highest BCUT2D eigenvalue weighted by Crippen LogP contribution is 2.31. The standard InChI is InChI=1S/C25H21ClN2O5S/c1-4-32-24(31)21-14(2)27-25-28(22(21)17-8-10-18(26)11-9-17)23(30)20(34-25)13-16-6-5-7-19(12-16)33-15(3)29/h5-13,22H,4H2,1-3H3/b20-13+/t22-/m1/s1. The molecule has 9 heteroatoms. The Kier molecular flexibility index (Phi) is 6.81. The van der Waals surface area contributed by atoms with Crippen molar-refractivity contribution < 1.29 is 19.1 Å². The molecule has 2 heterocycles. The molecule has 1 aliphatic heterocycles. The van der Waals surface area contributed by atoms with E-state index in [0.29, 0.717) is 42.5 Å². The first-order chi connectivity index (χ1) is 16.3. The third-order valence-electron chi connectivity index (χ3n) is 5.12. The predicted molar refractivity (Wildman–Crippen MR) is 130 cm³/mol. The molecule has 0 bridgehead atoms. The number of halogens is 1. The molecule has 0 amide bonds. The minimum atomic E-state index is -0.706. The van der Waals surface area contributed by atoms with E-state index in [1.54, 1.807) is 68.5 Å². The van der Waals surface area contributed by atoms with E-state index in [2.05, 4.69) is 4.99 Å². The lowest BCUT2D eigenvalue weighted by Crippen LogP contribution is -2.39. The van der Waals surface area contributed by atoms with Gasteiger partial charge in [-0.25, -0.2) is 9.79 Å².